The van der Waals surface area contributed by atoms with Crippen LogP contribution in [0.25, 0.3) is 0 Å². The number of aromatic nitrogens is 2. The third-order valence-electron chi connectivity index (χ3n) is 3.74. The van der Waals surface area contributed by atoms with Crippen LogP contribution < -0.4 is 4.72 Å². The normalized spacial score (nSPS) is 17.6. The van der Waals surface area contributed by atoms with Gasteiger partial charge in [-0.05, 0) is 17.5 Å². The molecule has 0 amide bonds. The fraction of sp³-hybridized carbons (Fsp3) is 0.357. The predicted octanol–water partition coefficient (Wildman–Crippen LogP) is 2.06. The number of hydrogen-bond acceptors (Lipinski definition) is 3. The van der Waals surface area contributed by atoms with Gasteiger partial charge in [-0.15, -0.1) is 0 Å². The van der Waals surface area contributed by atoms with Crippen molar-refractivity contribution in [2.75, 3.05) is 6.54 Å². The lowest BCUT2D eigenvalue weighted by Crippen LogP contribution is -2.33. The highest BCUT2D eigenvalue weighted by atomic mass is 32.2. The Balaban J connectivity index is 1.64. The maximum atomic E-state index is 12.3. The SMILES string of the molecule is O=S(=O)(NCC1Cc2ccccc21)c1cnn(CC(F)(F)F)c1. The number of halogens is 3. The molecule has 1 unspecified atom stereocenters. The van der Waals surface area contributed by atoms with E-state index in [0.29, 0.717) is 4.68 Å². The molecule has 0 spiro atoms. The maximum absolute atomic E-state index is 12.3. The van der Waals surface area contributed by atoms with E-state index in [1.807, 2.05) is 24.3 Å². The lowest BCUT2D eigenvalue weighted by Gasteiger charge is -2.30. The quantitative estimate of drug-likeness (QED) is 0.902. The van der Waals surface area contributed by atoms with Gasteiger partial charge in [0.1, 0.15) is 11.4 Å². The van der Waals surface area contributed by atoms with E-state index in [-0.39, 0.29) is 17.4 Å². The highest BCUT2D eigenvalue weighted by molar-refractivity contribution is 7.89. The van der Waals surface area contributed by atoms with Gasteiger partial charge in [0.15, 0.2) is 0 Å². The maximum Gasteiger partial charge on any atom is 0.408 e. The first-order valence-corrected chi connectivity index (χ1v) is 8.39. The Labute approximate surface area is 131 Å². The molecule has 0 bridgehead atoms. The zero-order valence-electron chi connectivity index (χ0n) is 11.9. The minimum absolute atomic E-state index is 0.0891. The van der Waals surface area contributed by atoms with Gasteiger partial charge in [-0.3, -0.25) is 4.68 Å². The molecular weight excluding hydrogens is 331 g/mol. The Kier molecular flexibility index (Phi) is 3.93. The fourth-order valence-corrected chi connectivity index (χ4v) is 3.63. The van der Waals surface area contributed by atoms with E-state index in [0.717, 1.165) is 24.4 Å². The lowest BCUT2D eigenvalue weighted by atomic mass is 9.78. The summed E-state index contributed by atoms with van der Waals surface area (Å²) in [5.41, 5.74) is 2.29. The van der Waals surface area contributed by atoms with E-state index in [9.17, 15) is 21.6 Å². The Hall–Kier alpha value is -1.87. The van der Waals surface area contributed by atoms with E-state index in [4.69, 9.17) is 0 Å². The molecule has 2 aromatic rings. The van der Waals surface area contributed by atoms with Gasteiger partial charge in [0, 0.05) is 18.7 Å². The molecule has 1 aliphatic carbocycles. The highest BCUT2D eigenvalue weighted by Gasteiger charge is 2.30. The third kappa shape index (κ3) is 3.56. The summed E-state index contributed by atoms with van der Waals surface area (Å²) in [6.07, 6.45) is -1.87. The molecular formula is C14H14F3N3O2S. The van der Waals surface area contributed by atoms with E-state index < -0.39 is 22.7 Å². The van der Waals surface area contributed by atoms with Crippen LogP contribution in [0.15, 0.2) is 41.6 Å². The van der Waals surface area contributed by atoms with Crippen molar-refractivity contribution in [3.8, 4) is 0 Å². The molecule has 1 aromatic heterocycles. The largest absolute Gasteiger partial charge is 0.408 e. The number of nitrogens with one attached hydrogen (secondary N) is 1. The molecule has 23 heavy (non-hydrogen) atoms. The van der Waals surface area contributed by atoms with E-state index in [1.54, 1.807) is 0 Å². The van der Waals surface area contributed by atoms with Gasteiger partial charge in [-0.25, -0.2) is 13.1 Å². The summed E-state index contributed by atoms with van der Waals surface area (Å²) in [6, 6.07) is 7.75. The predicted molar refractivity (Wildman–Crippen MR) is 76.4 cm³/mol. The molecule has 1 heterocycles. The average molecular weight is 345 g/mol. The van der Waals surface area contributed by atoms with Crippen molar-refractivity contribution in [3.05, 3.63) is 47.8 Å². The van der Waals surface area contributed by atoms with Crippen LogP contribution in [0.2, 0.25) is 0 Å². The number of nitrogens with zero attached hydrogens (tertiary/aromatic N) is 2. The summed E-state index contributed by atoms with van der Waals surface area (Å²) in [4.78, 5) is -0.269. The fourth-order valence-electron chi connectivity index (χ4n) is 2.59. The topological polar surface area (TPSA) is 64.0 Å². The summed E-state index contributed by atoms with van der Waals surface area (Å²) < 4.78 is 64.0. The Morgan fingerprint density at radius 3 is 2.74 bits per heavy atom. The van der Waals surface area contributed by atoms with Crippen LogP contribution >= 0.6 is 0 Å². The first-order chi connectivity index (χ1) is 10.7. The molecule has 124 valence electrons. The van der Waals surface area contributed by atoms with Crippen molar-refractivity contribution in [1.82, 2.24) is 14.5 Å². The molecule has 1 atom stereocenters. The molecule has 0 aliphatic heterocycles. The van der Waals surface area contributed by atoms with Crippen LogP contribution in [0.3, 0.4) is 0 Å². The van der Waals surface area contributed by atoms with Gasteiger partial charge in [0.25, 0.3) is 0 Å². The molecule has 0 fully saturated rings. The molecule has 9 heteroatoms. The van der Waals surface area contributed by atoms with Crippen LogP contribution in [-0.2, 0) is 23.0 Å². The summed E-state index contributed by atoms with van der Waals surface area (Å²) in [7, 11) is -3.87. The van der Waals surface area contributed by atoms with Crippen LogP contribution in [0.4, 0.5) is 13.2 Å². The van der Waals surface area contributed by atoms with E-state index in [1.165, 1.54) is 5.56 Å². The second-order valence-corrected chi connectivity index (χ2v) is 7.21. The summed E-state index contributed by atoms with van der Waals surface area (Å²) in [5, 5.41) is 3.44. The Bertz CT molecular complexity index is 815. The number of rotatable bonds is 5. The smallest absolute Gasteiger partial charge is 0.262 e. The van der Waals surface area contributed by atoms with Gasteiger partial charge in [-0.1, -0.05) is 24.3 Å². The summed E-state index contributed by atoms with van der Waals surface area (Å²) >= 11 is 0. The molecule has 1 N–H and O–H groups in total. The molecule has 5 nitrogen and oxygen atoms in total. The van der Waals surface area contributed by atoms with Crippen molar-refractivity contribution in [2.24, 2.45) is 0 Å². The Morgan fingerprint density at radius 1 is 1.30 bits per heavy atom. The zero-order chi connectivity index (χ0) is 16.7. The first kappa shape index (κ1) is 16.0. The van der Waals surface area contributed by atoms with Gasteiger partial charge in [0.05, 0.1) is 6.20 Å². The van der Waals surface area contributed by atoms with Gasteiger partial charge in [0.2, 0.25) is 10.0 Å². The third-order valence-corrected chi connectivity index (χ3v) is 5.12. The first-order valence-electron chi connectivity index (χ1n) is 6.91. The standard InChI is InChI=1S/C14H14F3N3O2S/c15-14(16,17)9-20-8-12(7-18-20)23(21,22)19-6-11-5-10-3-1-2-4-13(10)11/h1-4,7-8,11,19H,5-6,9H2. The van der Waals surface area contributed by atoms with Crippen LogP contribution in [0.5, 0.6) is 0 Å². The van der Waals surface area contributed by atoms with E-state index in [2.05, 4.69) is 9.82 Å². The number of alkyl halides is 3. The van der Waals surface area contributed by atoms with Gasteiger partial charge >= 0.3 is 6.18 Å². The van der Waals surface area contributed by atoms with Gasteiger partial charge < -0.3 is 0 Å². The van der Waals surface area contributed by atoms with Gasteiger partial charge in [-0.2, -0.15) is 18.3 Å². The van der Waals surface area contributed by atoms with Crippen molar-refractivity contribution in [1.29, 1.82) is 0 Å². The highest BCUT2D eigenvalue weighted by Crippen LogP contribution is 2.34. The van der Waals surface area contributed by atoms with Crippen LogP contribution in [0.1, 0.15) is 17.0 Å². The lowest BCUT2D eigenvalue weighted by molar-refractivity contribution is -0.142. The van der Waals surface area contributed by atoms with Crippen molar-refractivity contribution < 1.29 is 21.6 Å². The van der Waals surface area contributed by atoms with Crippen LogP contribution in [0, 0.1) is 0 Å². The molecule has 1 aromatic carbocycles. The second kappa shape index (κ2) is 5.64. The number of benzene rings is 1. The average Bonchev–Trinajstić information content (AvgIpc) is 2.87. The zero-order valence-corrected chi connectivity index (χ0v) is 12.7. The molecule has 0 saturated heterocycles. The number of sulfonamides is 1. The molecule has 0 saturated carbocycles. The van der Waals surface area contributed by atoms with Crippen LogP contribution in [-0.4, -0.2) is 30.9 Å². The minimum Gasteiger partial charge on any atom is -0.262 e. The minimum atomic E-state index is -4.45. The molecule has 1 aliphatic rings. The Morgan fingerprint density at radius 2 is 2.04 bits per heavy atom. The number of hydrogen-bond donors (Lipinski definition) is 1. The van der Waals surface area contributed by atoms with Crippen molar-refractivity contribution >= 4 is 10.0 Å². The molecule has 0 radical (unpaired) electrons. The monoisotopic (exact) mass is 345 g/mol. The van der Waals surface area contributed by atoms with Crippen molar-refractivity contribution in [2.45, 2.75) is 30.0 Å². The second-order valence-electron chi connectivity index (χ2n) is 5.44. The molecule has 3 rings (SSSR count). The number of fused-ring (bicyclic) bond motifs is 1. The van der Waals surface area contributed by atoms with Crippen molar-refractivity contribution in [3.63, 3.8) is 0 Å². The summed E-state index contributed by atoms with van der Waals surface area (Å²) in [6.45, 7) is -1.11. The summed E-state index contributed by atoms with van der Waals surface area (Å²) in [5.74, 6) is 0.0891. The van der Waals surface area contributed by atoms with E-state index >= 15 is 0 Å².